The number of amides is 1. The van der Waals surface area contributed by atoms with E-state index in [1.165, 1.54) is 6.92 Å². The molecule has 2 aromatic carbocycles. The number of rotatable bonds is 5. The summed E-state index contributed by atoms with van der Waals surface area (Å²) in [7, 11) is 0. The predicted molar refractivity (Wildman–Crippen MR) is 111 cm³/mol. The summed E-state index contributed by atoms with van der Waals surface area (Å²) in [6.07, 6.45) is -0.259. The van der Waals surface area contributed by atoms with Gasteiger partial charge in [-0.25, -0.2) is 4.79 Å². The van der Waals surface area contributed by atoms with Crippen LogP contribution in [0.2, 0.25) is 0 Å². The zero-order valence-corrected chi connectivity index (χ0v) is 16.7. The van der Waals surface area contributed by atoms with Crippen molar-refractivity contribution in [3.63, 3.8) is 0 Å². The zero-order chi connectivity index (χ0) is 21.3. The molecule has 7 heteroatoms. The average molecular weight is 403 g/mol. The van der Waals surface area contributed by atoms with E-state index in [1.807, 2.05) is 30.3 Å². The van der Waals surface area contributed by atoms with E-state index in [-0.39, 0.29) is 17.4 Å². The van der Waals surface area contributed by atoms with Gasteiger partial charge >= 0.3 is 5.97 Å². The van der Waals surface area contributed by atoms with Crippen molar-refractivity contribution in [3.05, 3.63) is 71.4 Å². The number of carbonyl (C=O) groups is 3. The number of ether oxygens (including phenoxy) is 1. The van der Waals surface area contributed by atoms with Crippen LogP contribution in [-0.4, -0.2) is 40.5 Å². The maximum atomic E-state index is 12.8. The molecular weight excluding hydrogens is 382 g/mol. The molecule has 1 atom stereocenters. The molecule has 0 fully saturated rings. The van der Waals surface area contributed by atoms with Crippen molar-refractivity contribution in [3.8, 4) is 11.3 Å². The Labute approximate surface area is 173 Å². The van der Waals surface area contributed by atoms with Gasteiger partial charge in [0.15, 0.2) is 6.10 Å². The highest BCUT2D eigenvalue weighted by Gasteiger charge is 2.26. The zero-order valence-electron chi connectivity index (χ0n) is 16.7. The lowest BCUT2D eigenvalue weighted by atomic mass is 10.0. The highest BCUT2D eigenvalue weighted by molar-refractivity contribution is 6.02. The van der Waals surface area contributed by atoms with Gasteiger partial charge in [0.25, 0.3) is 0 Å². The number of fused-ring (bicyclic) bond motifs is 1. The van der Waals surface area contributed by atoms with Crippen molar-refractivity contribution >= 4 is 23.3 Å². The maximum absolute atomic E-state index is 12.8. The Kier molecular flexibility index (Phi) is 5.18. The average Bonchev–Trinajstić information content (AvgIpc) is 3.40. The first-order chi connectivity index (χ1) is 14.4. The summed E-state index contributed by atoms with van der Waals surface area (Å²) in [4.78, 5) is 38.6. The second-order valence-electron chi connectivity index (χ2n) is 7.21. The molecule has 7 nitrogen and oxygen atoms in total. The number of hydrogen-bond donors (Lipinski definition) is 1. The molecule has 2 heterocycles. The summed E-state index contributed by atoms with van der Waals surface area (Å²) in [5.41, 5.74) is 3.89. The summed E-state index contributed by atoms with van der Waals surface area (Å²) in [6.45, 7) is 3.68. The van der Waals surface area contributed by atoms with Crippen LogP contribution in [0.5, 0.6) is 0 Å². The molecule has 1 aliphatic heterocycles. The largest absolute Gasteiger partial charge is 0.450 e. The third kappa shape index (κ3) is 3.74. The van der Waals surface area contributed by atoms with Gasteiger partial charge in [0.2, 0.25) is 11.7 Å². The van der Waals surface area contributed by atoms with Crippen molar-refractivity contribution in [1.29, 1.82) is 0 Å². The highest BCUT2D eigenvalue weighted by Crippen LogP contribution is 2.29. The smallest absolute Gasteiger partial charge is 0.357 e. The summed E-state index contributed by atoms with van der Waals surface area (Å²) >= 11 is 0. The molecule has 0 aliphatic carbocycles. The molecule has 152 valence electrons. The number of Topliss-reactive ketones (excluding diaryl/α,β-unsaturated/α-hetero) is 1. The van der Waals surface area contributed by atoms with E-state index < -0.39 is 12.1 Å². The van der Waals surface area contributed by atoms with Gasteiger partial charge in [0, 0.05) is 30.3 Å². The first-order valence-electron chi connectivity index (χ1n) is 9.71. The molecule has 1 aliphatic rings. The van der Waals surface area contributed by atoms with E-state index in [1.54, 1.807) is 36.1 Å². The van der Waals surface area contributed by atoms with Crippen LogP contribution in [0.4, 0.5) is 5.69 Å². The fourth-order valence-electron chi connectivity index (χ4n) is 3.58. The van der Waals surface area contributed by atoms with Crippen LogP contribution in [0, 0.1) is 0 Å². The first-order valence-corrected chi connectivity index (χ1v) is 9.71. The van der Waals surface area contributed by atoms with Crippen LogP contribution in [0.3, 0.4) is 0 Å². The standard InChI is InChI=1S/C23H21N3O4/c1-14(22(28)18-8-9-21-17(12-18)10-11-26(21)15(2)27)30-23(29)20-13-19(24-25-20)16-6-4-3-5-7-16/h3-9,12-14H,10-11H2,1-2H3,(H,24,25)/t14-/m0/s1. The number of carbonyl (C=O) groups excluding carboxylic acids is 3. The van der Waals surface area contributed by atoms with Crippen molar-refractivity contribution in [2.75, 3.05) is 11.4 Å². The quantitative estimate of drug-likeness (QED) is 0.521. The first kappa shape index (κ1) is 19.6. The van der Waals surface area contributed by atoms with E-state index >= 15 is 0 Å². The molecule has 1 aromatic heterocycles. The maximum Gasteiger partial charge on any atom is 0.357 e. The van der Waals surface area contributed by atoms with E-state index in [0.29, 0.717) is 24.2 Å². The molecular formula is C23H21N3O4. The van der Waals surface area contributed by atoms with Gasteiger partial charge in [0.1, 0.15) is 5.69 Å². The summed E-state index contributed by atoms with van der Waals surface area (Å²) in [5.74, 6) is -0.964. The second kappa shape index (κ2) is 7.94. The monoisotopic (exact) mass is 403 g/mol. The number of hydrogen-bond acceptors (Lipinski definition) is 5. The second-order valence-corrected chi connectivity index (χ2v) is 7.21. The fourth-order valence-corrected chi connectivity index (χ4v) is 3.58. The van der Waals surface area contributed by atoms with Crippen molar-refractivity contribution in [1.82, 2.24) is 10.2 Å². The number of aromatic nitrogens is 2. The molecule has 4 rings (SSSR count). The topological polar surface area (TPSA) is 92.4 Å². The molecule has 0 unspecified atom stereocenters. The van der Waals surface area contributed by atoms with E-state index in [2.05, 4.69) is 10.2 Å². The number of nitrogens with zero attached hydrogens (tertiary/aromatic N) is 2. The minimum Gasteiger partial charge on any atom is -0.450 e. The molecule has 0 saturated heterocycles. The van der Waals surface area contributed by atoms with Gasteiger partial charge in [0.05, 0.1) is 5.69 Å². The van der Waals surface area contributed by atoms with Crippen molar-refractivity contribution < 1.29 is 19.1 Å². The van der Waals surface area contributed by atoms with E-state index in [0.717, 1.165) is 16.8 Å². The number of anilines is 1. The molecule has 1 amide bonds. The number of nitrogens with one attached hydrogen (secondary N) is 1. The Hall–Kier alpha value is -3.74. The Bertz CT molecular complexity index is 1120. The van der Waals surface area contributed by atoms with Gasteiger partial charge in [-0.3, -0.25) is 14.7 Å². The molecule has 0 bridgehead atoms. The Morgan fingerprint density at radius 1 is 1.10 bits per heavy atom. The van der Waals surface area contributed by atoms with Crippen molar-refractivity contribution in [2.45, 2.75) is 26.4 Å². The van der Waals surface area contributed by atoms with Gasteiger partial charge in [-0.15, -0.1) is 0 Å². The van der Waals surface area contributed by atoms with Gasteiger partial charge < -0.3 is 9.64 Å². The summed E-state index contributed by atoms with van der Waals surface area (Å²) in [5, 5.41) is 6.80. The van der Waals surface area contributed by atoms with Gasteiger partial charge in [-0.2, -0.15) is 5.10 Å². The Morgan fingerprint density at radius 3 is 2.60 bits per heavy atom. The summed E-state index contributed by atoms with van der Waals surface area (Å²) in [6, 6.07) is 16.2. The highest BCUT2D eigenvalue weighted by atomic mass is 16.5. The lowest BCUT2D eigenvalue weighted by molar-refractivity contribution is -0.116. The summed E-state index contributed by atoms with van der Waals surface area (Å²) < 4.78 is 5.36. The number of H-pyrrole nitrogens is 1. The van der Waals surface area contributed by atoms with Crippen LogP contribution in [-0.2, 0) is 16.0 Å². The Morgan fingerprint density at radius 2 is 1.87 bits per heavy atom. The van der Waals surface area contributed by atoms with E-state index in [4.69, 9.17) is 4.74 Å². The fraction of sp³-hybridized carbons (Fsp3) is 0.217. The van der Waals surface area contributed by atoms with Crippen LogP contribution >= 0.6 is 0 Å². The minimum atomic E-state index is -0.954. The predicted octanol–water partition coefficient (Wildman–Crippen LogP) is 3.41. The normalized spacial score (nSPS) is 13.6. The number of ketones is 1. The molecule has 0 saturated carbocycles. The van der Waals surface area contributed by atoms with E-state index in [9.17, 15) is 14.4 Å². The van der Waals surface area contributed by atoms with Crippen LogP contribution in [0.15, 0.2) is 54.6 Å². The van der Waals surface area contributed by atoms with Gasteiger partial charge in [-0.05, 0) is 43.2 Å². The van der Waals surface area contributed by atoms with Crippen LogP contribution in [0.1, 0.15) is 40.3 Å². The minimum absolute atomic E-state index is 0.0236. The third-order valence-corrected chi connectivity index (χ3v) is 5.16. The number of aromatic amines is 1. The number of esters is 1. The third-order valence-electron chi connectivity index (χ3n) is 5.16. The molecule has 0 spiro atoms. The lowest BCUT2D eigenvalue weighted by Crippen LogP contribution is -2.26. The Balaban J connectivity index is 1.45. The molecule has 3 aromatic rings. The molecule has 1 N–H and O–H groups in total. The molecule has 0 radical (unpaired) electrons. The SMILES string of the molecule is CC(=O)N1CCc2cc(C(=O)[C@H](C)OC(=O)c3cc(-c4ccccc4)n[nH]3)ccc21. The lowest BCUT2D eigenvalue weighted by Gasteiger charge is -2.15. The number of benzene rings is 2. The van der Waals surface area contributed by atoms with Crippen LogP contribution < -0.4 is 4.90 Å². The van der Waals surface area contributed by atoms with Crippen LogP contribution in [0.25, 0.3) is 11.3 Å². The van der Waals surface area contributed by atoms with Crippen molar-refractivity contribution in [2.24, 2.45) is 0 Å². The van der Waals surface area contributed by atoms with Gasteiger partial charge in [-0.1, -0.05) is 30.3 Å². The molecule has 30 heavy (non-hydrogen) atoms.